The van der Waals surface area contributed by atoms with Crippen LogP contribution >= 0.6 is 0 Å². The van der Waals surface area contributed by atoms with Gasteiger partial charge in [-0.15, -0.1) is 0 Å². The minimum absolute atomic E-state index is 0.115. The van der Waals surface area contributed by atoms with E-state index >= 15 is 0 Å². The molecule has 0 atom stereocenters. The van der Waals surface area contributed by atoms with Crippen molar-refractivity contribution in [1.82, 2.24) is 0 Å². The van der Waals surface area contributed by atoms with Gasteiger partial charge in [-0.1, -0.05) is 24.3 Å². The fraction of sp³-hybridized carbons (Fsp3) is 0.312. The van der Waals surface area contributed by atoms with Crippen molar-refractivity contribution in [3.05, 3.63) is 77.4 Å². The molecule has 4 aromatic carbocycles. The summed E-state index contributed by atoms with van der Waals surface area (Å²) in [6.07, 6.45) is -3.18. The SMILES string of the molecule is COCCC1(CCOC)c2cc(-c3ccc(C(F)(F)F)cc3)ccc2-c2c1cc(O)c1cc(OC)c(OC)cc21. The van der Waals surface area contributed by atoms with Gasteiger partial charge in [-0.2, -0.15) is 13.2 Å². The molecular formula is C32H31F3O5. The number of hydrogen-bond acceptors (Lipinski definition) is 5. The summed E-state index contributed by atoms with van der Waals surface area (Å²) in [7, 11) is 6.41. The number of hydrogen-bond donors (Lipinski definition) is 1. The molecule has 0 heterocycles. The third-order valence-electron chi connectivity index (χ3n) is 7.95. The summed E-state index contributed by atoms with van der Waals surface area (Å²) in [4.78, 5) is 0. The molecule has 5 rings (SSSR count). The Morgan fingerprint density at radius 3 is 1.82 bits per heavy atom. The fourth-order valence-electron chi connectivity index (χ4n) is 5.95. The standard InChI is InChI=1S/C32H31F3O5/c1-37-13-11-31(12-14-38-2)25-15-20(19-5-8-21(9-6-19)32(33,34)35)7-10-22(25)30-24-17-29(40-4)28(39-3)16-23(24)27(36)18-26(30)31/h5-10,15-18,36H,11-14H2,1-4H3. The summed E-state index contributed by atoms with van der Waals surface area (Å²) in [5.74, 6) is 1.16. The summed E-state index contributed by atoms with van der Waals surface area (Å²) in [6, 6.07) is 16.6. The zero-order valence-corrected chi connectivity index (χ0v) is 22.8. The van der Waals surface area contributed by atoms with Gasteiger partial charge in [0.05, 0.1) is 19.8 Å². The molecule has 0 aliphatic heterocycles. The number of fused-ring (bicyclic) bond motifs is 5. The summed E-state index contributed by atoms with van der Waals surface area (Å²) in [5.41, 5.74) is 4.12. The summed E-state index contributed by atoms with van der Waals surface area (Å²) in [5, 5.41) is 12.7. The number of alkyl halides is 3. The van der Waals surface area contributed by atoms with Crippen molar-refractivity contribution in [2.45, 2.75) is 24.4 Å². The lowest BCUT2D eigenvalue weighted by Gasteiger charge is -2.32. The van der Waals surface area contributed by atoms with E-state index in [1.54, 1.807) is 34.5 Å². The zero-order chi connectivity index (χ0) is 28.7. The highest BCUT2D eigenvalue weighted by Crippen LogP contribution is 2.57. The van der Waals surface area contributed by atoms with Crippen LogP contribution in [0.15, 0.2) is 60.7 Å². The summed E-state index contributed by atoms with van der Waals surface area (Å²) < 4.78 is 61.7. The summed E-state index contributed by atoms with van der Waals surface area (Å²) in [6.45, 7) is 0.912. The van der Waals surface area contributed by atoms with Crippen molar-refractivity contribution >= 4 is 10.8 Å². The van der Waals surface area contributed by atoms with E-state index in [0.29, 0.717) is 48.5 Å². The number of halogens is 3. The molecule has 0 saturated heterocycles. The first-order valence-electron chi connectivity index (χ1n) is 12.9. The van der Waals surface area contributed by atoms with E-state index in [4.69, 9.17) is 18.9 Å². The smallest absolute Gasteiger partial charge is 0.416 e. The zero-order valence-electron chi connectivity index (χ0n) is 22.8. The van der Waals surface area contributed by atoms with Crippen molar-refractivity contribution in [1.29, 1.82) is 0 Å². The second-order valence-electron chi connectivity index (χ2n) is 9.97. The largest absolute Gasteiger partial charge is 0.507 e. The van der Waals surface area contributed by atoms with E-state index in [-0.39, 0.29) is 5.75 Å². The predicted molar refractivity (Wildman–Crippen MR) is 148 cm³/mol. The molecule has 0 radical (unpaired) electrons. The van der Waals surface area contributed by atoms with E-state index in [2.05, 4.69) is 0 Å². The molecule has 5 nitrogen and oxygen atoms in total. The molecule has 1 aliphatic carbocycles. The van der Waals surface area contributed by atoms with Crippen molar-refractivity contribution in [2.75, 3.05) is 41.7 Å². The van der Waals surface area contributed by atoms with Gasteiger partial charge in [0.15, 0.2) is 11.5 Å². The number of aromatic hydroxyl groups is 1. The van der Waals surface area contributed by atoms with Gasteiger partial charge in [-0.3, -0.25) is 0 Å². The maximum Gasteiger partial charge on any atom is 0.416 e. The number of benzene rings is 4. The van der Waals surface area contributed by atoms with Gasteiger partial charge in [0.1, 0.15) is 5.75 Å². The maximum absolute atomic E-state index is 13.2. The third kappa shape index (κ3) is 4.55. The first-order chi connectivity index (χ1) is 19.2. The molecule has 0 spiro atoms. The average molecular weight is 553 g/mol. The Labute approximate surface area is 231 Å². The van der Waals surface area contributed by atoms with Crippen molar-refractivity contribution in [3.63, 3.8) is 0 Å². The molecule has 4 aromatic rings. The average Bonchev–Trinajstić information content (AvgIpc) is 3.22. The van der Waals surface area contributed by atoms with E-state index in [9.17, 15) is 18.3 Å². The molecule has 1 N–H and O–H groups in total. The van der Waals surface area contributed by atoms with E-state index < -0.39 is 17.2 Å². The van der Waals surface area contributed by atoms with Gasteiger partial charge in [-0.25, -0.2) is 0 Å². The first kappa shape index (κ1) is 27.8. The molecule has 1 aliphatic rings. The monoisotopic (exact) mass is 552 g/mol. The highest BCUT2D eigenvalue weighted by atomic mass is 19.4. The Bertz CT molecular complexity index is 1540. The van der Waals surface area contributed by atoms with Crippen LogP contribution in [-0.4, -0.2) is 46.8 Å². The fourth-order valence-corrected chi connectivity index (χ4v) is 5.95. The lowest BCUT2D eigenvalue weighted by Crippen LogP contribution is -2.29. The van der Waals surface area contributed by atoms with Crippen LogP contribution in [0.4, 0.5) is 13.2 Å². The van der Waals surface area contributed by atoms with Crippen LogP contribution in [0, 0.1) is 0 Å². The lowest BCUT2D eigenvalue weighted by molar-refractivity contribution is -0.137. The van der Waals surface area contributed by atoms with Crippen LogP contribution in [0.3, 0.4) is 0 Å². The highest BCUT2D eigenvalue weighted by molar-refractivity contribution is 6.06. The Hall–Kier alpha value is -3.75. The van der Waals surface area contributed by atoms with Gasteiger partial charge < -0.3 is 24.1 Å². The quantitative estimate of drug-likeness (QED) is 0.232. The summed E-state index contributed by atoms with van der Waals surface area (Å²) >= 11 is 0. The molecule has 210 valence electrons. The molecule has 8 heteroatoms. The first-order valence-corrected chi connectivity index (χ1v) is 12.9. The Kier molecular flexibility index (Phi) is 7.42. The number of ether oxygens (including phenoxy) is 4. The van der Waals surface area contributed by atoms with E-state index in [1.165, 1.54) is 12.1 Å². The normalized spacial score (nSPS) is 13.8. The van der Waals surface area contributed by atoms with E-state index in [1.807, 2.05) is 30.3 Å². The number of methoxy groups -OCH3 is 4. The van der Waals surface area contributed by atoms with Crippen LogP contribution in [0.2, 0.25) is 0 Å². The Morgan fingerprint density at radius 1 is 0.700 bits per heavy atom. The molecule has 0 bridgehead atoms. The third-order valence-corrected chi connectivity index (χ3v) is 7.95. The van der Waals surface area contributed by atoms with Crippen LogP contribution in [-0.2, 0) is 21.1 Å². The molecule has 0 saturated carbocycles. The number of phenols is 1. The van der Waals surface area contributed by atoms with Crippen molar-refractivity contribution in [2.24, 2.45) is 0 Å². The minimum Gasteiger partial charge on any atom is -0.507 e. The second kappa shape index (κ2) is 10.7. The van der Waals surface area contributed by atoms with Crippen LogP contribution in [0.1, 0.15) is 29.5 Å². The van der Waals surface area contributed by atoms with Gasteiger partial charge in [0.2, 0.25) is 0 Å². The van der Waals surface area contributed by atoms with Crippen LogP contribution in [0.5, 0.6) is 17.2 Å². The molecular weight excluding hydrogens is 521 g/mol. The Balaban J connectivity index is 1.79. The van der Waals surface area contributed by atoms with Gasteiger partial charge >= 0.3 is 6.18 Å². The van der Waals surface area contributed by atoms with E-state index in [0.717, 1.165) is 45.3 Å². The van der Waals surface area contributed by atoms with Crippen LogP contribution < -0.4 is 9.47 Å². The molecule has 0 amide bonds. The molecule has 0 fully saturated rings. The van der Waals surface area contributed by atoms with Gasteiger partial charge in [0.25, 0.3) is 0 Å². The second-order valence-corrected chi connectivity index (χ2v) is 9.97. The number of rotatable bonds is 9. The predicted octanol–water partition coefficient (Wildman–Crippen LogP) is 7.59. The van der Waals surface area contributed by atoms with Crippen molar-refractivity contribution < 1.29 is 37.2 Å². The lowest BCUT2D eigenvalue weighted by atomic mass is 9.72. The maximum atomic E-state index is 13.2. The highest BCUT2D eigenvalue weighted by Gasteiger charge is 2.44. The Morgan fingerprint density at radius 2 is 1.27 bits per heavy atom. The van der Waals surface area contributed by atoms with Crippen molar-refractivity contribution in [3.8, 4) is 39.5 Å². The van der Waals surface area contributed by atoms with Gasteiger partial charge in [0, 0.05) is 38.2 Å². The molecule has 0 unspecified atom stereocenters. The topological polar surface area (TPSA) is 57.2 Å². The van der Waals surface area contributed by atoms with Crippen LogP contribution in [0.25, 0.3) is 33.0 Å². The minimum atomic E-state index is -4.40. The number of phenolic OH excluding ortho intramolecular Hbond substituents is 1. The molecule has 0 aromatic heterocycles. The molecule has 40 heavy (non-hydrogen) atoms. The van der Waals surface area contributed by atoms with Gasteiger partial charge in [-0.05, 0) is 88.0 Å².